The highest BCUT2D eigenvalue weighted by atomic mass is 31.1. The lowest BCUT2D eigenvalue weighted by Crippen LogP contribution is -2.53. The minimum Gasteiger partial charge on any atom is -0.493 e. The first-order valence-corrected chi connectivity index (χ1v) is 30.7. The molecule has 0 radical (unpaired) electrons. The standard InChI is InChI=1S/C61H90O6P2/c1-9-26-48-30-34-56(52(40-48)62-13-5)68(57-35-31-49(27-10-2)41-53(57)63-14-6)46-60(44-66-61(67-45-60)38-24-22-20-18-17-19-21-23-25-39-61)47-69(58-36-32-50(28-11-3)42-54(58)64-15-7)59-37-33-51(29-12-4)43-55(59)65-16-8/h30-37,40-43H,9-29,38-39,44-47H2,1-8H3. The van der Waals surface area contributed by atoms with E-state index in [0.717, 1.165) is 112 Å². The van der Waals surface area contributed by atoms with Crippen LogP contribution < -0.4 is 40.2 Å². The molecule has 0 unspecified atom stereocenters. The van der Waals surface area contributed by atoms with Crippen LogP contribution in [0.15, 0.2) is 72.8 Å². The van der Waals surface area contributed by atoms with E-state index >= 15 is 0 Å². The van der Waals surface area contributed by atoms with Crippen LogP contribution in [-0.2, 0) is 35.2 Å². The van der Waals surface area contributed by atoms with Crippen LogP contribution in [-0.4, -0.2) is 57.8 Å². The molecule has 2 aliphatic rings. The van der Waals surface area contributed by atoms with Gasteiger partial charge in [0.15, 0.2) is 5.79 Å². The van der Waals surface area contributed by atoms with Gasteiger partial charge in [-0.25, -0.2) is 0 Å². The second-order valence-electron chi connectivity index (χ2n) is 19.8. The number of hydrogen-bond acceptors (Lipinski definition) is 6. The number of hydrogen-bond donors (Lipinski definition) is 0. The summed E-state index contributed by atoms with van der Waals surface area (Å²) >= 11 is 0. The van der Waals surface area contributed by atoms with Gasteiger partial charge in [0.05, 0.1) is 39.6 Å². The molecule has 6 rings (SSSR count). The summed E-state index contributed by atoms with van der Waals surface area (Å²) in [6, 6.07) is 28.3. The molecule has 2 fully saturated rings. The third kappa shape index (κ3) is 15.4. The summed E-state index contributed by atoms with van der Waals surface area (Å²) in [6.07, 6.45) is 23.4. The summed E-state index contributed by atoms with van der Waals surface area (Å²) in [7, 11) is -2.13. The highest BCUT2D eigenvalue weighted by Gasteiger charge is 2.48. The largest absolute Gasteiger partial charge is 0.493 e. The highest BCUT2D eigenvalue weighted by Crippen LogP contribution is 2.54. The molecule has 0 N–H and O–H groups in total. The van der Waals surface area contributed by atoms with Crippen molar-refractivity contribution in [2.24, 2.45) is 5.41 Å². The predicted molar refractivity (Wildman–Crippen MR) is 296 cm³/mol. The maximum absolute atomic E-state index is 7.56. The molecule has 69 heavy (non-hydrogen) atoms. The fourth-order valence-corrected chi connectivity index (χ4v) is 16.5. The van der Waals surface area contributed by atoms with Gasteiger partial charge in [0, 0.05) is 39.5 Å². The molecule has 4 aromatic rings. The van der Waals surface area contributed by atoms with E-state index in [-0.39, 0.29) is 5.41 Å². The summed E-state index contributed by atoms with van der Waals surface area (Å²) in [6.45, 7) is 21.2. The van der Waals surface area contributed by atoms with Crippen LogP contribution in [0.1, 0.15) is 174 Å². The molecule has 1 saturated carbocycles. The lowest BCUT2D eigenvalue weighted by atomic mass is 9.91. The van der Waals surface area contributed by atoms with Crippen molar-refractivity contribution in [2.75, 3.05) is 52.0 Å². The number of benzene rings is 4. The van der Waals surface area contributed by atoms with Crippen molar-refractivity contribution in [3.63, 3.8) is 0 Å². The Morgan fingerprint density at radius 1 is 0.391 bits per heavy atom. The van der Waals surface area contributed by atoms with Gasteiger partial charge in [0.2, 0.25) is 0 Å². The third-order valence-electron chi connectivity index (χ3n) is 14.0. The van der Waals surface area contributed by atoms with E-state index in [1.165, 1.54) is 88.4 Å². The zero-order chi connectivity index (χ0) is 48.9. The fourth-order valence-electron chi connectivity index (χ4n) is 10.6. The maximum Gasteiger partial charge on any atom is 0.168 e. The van der Waals surface area contributed by atoms with Crippen molar-refractivity contribution in [3.8, 4) is 23.0 Å². The molecule has 4 aromatic carbocycles. The summed E-state index contributed by atoms with van der Waals surface area (Å²) < 4.78 is 42.0. The van der Waals surface area contributed by atoms with Crippen molar-refractivity contribution in [1.29, 1.82) is 0 Å². The van der Waals surface area contributed by atoms with Crippen molar-refractivity contribution < 1.29 is 28.4 Å². The van der Waals surface area contributed by atoms with E-state index in [1.54, 1.807) is 0 Å². The zero-order valence-corrected chi connectivity index (χ0v) is 46.2. The summed E-state index contributed by atoms with van der Waals surface area (Å²) in [5.74, 6) is 3.42. The van der Waals surface area contributed by atoms with Crippen LogP contribution >= 0.6 is 15.8 Å². The molecule has 0 bridgehead atoms. The van der Waals surface area contributed by atoms with Crippen LogP contribution in [0.5, 0.6) is 23.0 Å². The van der Waals surface area contributed by atoms with Crippen molar-refractivity contribution in [3.05, 3.63) is 95.1 Å². The van der Waals surface area contributed by atoms with Gasteiger partial charge in [0.1, 0.15) is 23.0 Å². The molecule has 380 valence electrons. The van der Waals surface area contributed by atoms with Crippen LogP contribution in [0, 0.1) is 5.41 Å². The lowest BCUT2D eigenvalue weighted by Gasteiger charge is -2.49. The molecule has 0 amide bonds. The molecule has 8 heteroatoms. The molecular weight excluding hydrogens is 891 g/mol. The zero-order valence-electron chi connectivity index (χ0n) is 44.4. The molecule has 1 saturated heterocycles. The Hall–Kier alpha value is -3.14. The molecule has 1 aliphatic heterocycles. The molecule has 0 atom stereocenters. The minimum absolute atomic E-state index is 0.388. The summed E-state index contributed by atoms with van der Waals surface area (Å²) in [5.41, 5.74) is 4.89. The van der Waals surface area contributed by atoms with Gasteiger partial charge >= 0.3 is 0 Å². The molecular formula is C61H90O6P2. The second-order valence-corrected chi connectivity index (χ2v) is 24.1. The SMILES string of the molecule is CCCc1ccc(P(CC2(CP(c3ccc(CCC)cc3OCC)c3ccc(CCC)cc3OCC)COC3(CCCCCCCCCCC3)OC2)c2ccc(CCC)cc2OCC)c(OCC)c1. The smallest absolute Gasteiger partial charge is 0.168 e. The van der Waals surface area contributed by atoms with E-state index in [9.17, 15) is 0 Å². The number of rotatable bonds is 24. The van der Waals surface area contributed by atoms with Gasteiger partial charge in [-0.3, -0.25) is 0 Å². The van der Waals surface area contributed by atoms with Crippen LogP contribution in [0.3, 0.4) is 0 Å². The first-order chi connectivity index (χ1) is 33.8. The molecule has 6 nitrogen and oxygen atoms in total. The topological polar surface area (TPSA) is 55.4 Å². The average Bonchev–Trinajstić information content (AvgIpc) is 3.34. The van der Waals surface area contributed by atoms with Crippen molar-refractivity contribution in [1.82, 2.24) is 0 Å². The Morgan fingerprint density at radius 3 is 0.928 bits per heavy atom. The highest BCUT2D eigenvalue weighted by molar-refractivity contribution is 7.74. The second kappa shape index (κ2) is 28.8. The van der Waals surface area contributed by atoms with E-state index < -0.39 is 21.6 Å². The molecule has 0 aromatic heterocycles. The molecule has 1 aliphatic carbocycles. The summed E-state index contributed by atoms with van der Waals surface area (Å²) in [5, 5.41) is 5.07. The molecule has 1 spiro atoms. The van der Waals surface area contributed by atoms with Gasteiger partial charge in [0.25, 0.3) is 0 Å². The van der Waals surface area contributed by atoms with Crippen LogP contribution in [0.2, 0.25) is 0 Å². The maximum atomic E-state index is 7.56. The first kappa shape index (κ1) is 55.2. The van der Waals surface area contributed by atoms with Crippen LogP contribution in [0.25, 0.3) is 0 Å². The first-order valence-electron chi connectivity index (χ1n) is 27.6. The van der Waals surface area contributed by atoms with Gasteiger partial charge in [-0.15, -0.1) is 0 Å². The van der Waals surface area contributed by atoms with E-state index in [4.69, 9.17) is 28.4 Å². The minimum atomic E-state index is -1.06. The Labute approximate surface area is 422 Å². The monoisotopic (exact) mass is 981 g/mol. The van der Waals surface area contributed by atoms with Gasteiger partial charge in [-0.1, -0.05) is 147 Å². The average molecular weight is 981 g/mol. The Bertz CT molecular complexity index is 1870. The van der Waals surface area contributed by atoms with E-state index in [2.05, 4.69) is 128 Å². The molecule has 1 heterocycles. The Balaban J connectivity index is 1.59. The Kier molecular flexibility index (Phi) is 23.0. The fraction of sp³-hybridized carbons (Fsp3) is 0.607. The lowest BCUT2D eigenvalue weighted by molar-refractivity contribution is -0.304. The van der Waals surface area contributed by atoms with E-state index in [0.29, 0.717) is 39.6 Å². The van der Waals surface area contributed by atoms with E-state index in [1.807, 2.05) is 0 Å². The van der Waals surface area contributed by atoms with Crippen molar-refractivity contribution in [2.45, 2.75) is 183 Å². The Morgan fingerprint density at radius 2 is 0.667 bits per heavy atom. The third-order valence-corrected chi connectivity index (χ3v) is 19.8. The normalized spacial score (nSPS) is 16.6. The van der Waals surface area contributed by atoms with Gasteiger partial charge < -0.3 is 28.4 Å². The number of ether oxygens (including phenoxy) is 6. The van der Waals surface area contributed by atoms with Crippen molar-refractivity contribution >= 4 is 37.1 Å². The quantitative estimate of drug-likeness (QED) is 0.0652. The van der Waals surface area contributed by atoms with Crippen LogP contribution in [0.4, 0.5) is 0 Å². The predicted octanol–water partition coefficient (Wildman–Crippen LogP) is 14.7. The number of aryl methyl sites for hydroxylation is 4. The van der Waals surface area contributed by atoms with Gasteiger partial charge in [-0.2, -0.15) is 0 Å². The van der Waals surface area contributed by atoms with Gasteiger partial charge in [-0.05, 0) is 141 Å². The summed E-state index contributed by atoms with van der Waals surface area (Å²) in [4.78, 5) is 0.